The van der Waals surface area contributed by atoms with E-state index >= 15 is 0 Å². The topological polar surface area (TPSA) is 32.3 Å². The molecule has 1 amide bonds. The zero-order valence-electron chi connectivity index (χ0n) is 13.7. The number of nitrogens with one attached hydrogen (secondary N) is 1. The average Bonchev–Trinajstić information content (AvgIpc) is 2.32. The highest BCUT2D eigenvalue weighted by Gasteiger charge is 2.27. The Bertz CT molecular complexity index is 427. The summed E-state index contributed by atoms with van der Waals surface area (Å²) < 4.78 is 0. The van der Waals surface area contributed by atoms with Gasteiger partial charge in [-0.15, -0.1) is 0 Å². The van der Waals surface area contributed by atoms with Gasteiger partial charge in [0.1, 0.15) is 0 Å². The minimum absolute atomic E-state index is 0.0688. The van der Waals surface area contributed by atoms with Crippen molar-refractivity contribution in [2.24, 2.45) is 0 Å². The molecule has 0 aliphatic rings. The Labute approximate surface area is 123 Å². The second kappa shape index (κ2) is 6.40. The maximum absolute atomic E-state index is 12.6. The largest absolute Gasteiger partial charge is 0.333 e. The third-order valence-electron chi connectivity index (χ3n) is 3.07. The molecule has 20 heavy (non-hydrogen) atoms. The first-order valence-corrected chi connectivity index (χ1v) is 7.23. The van der Waals surface area contributed by atoms with Crippen LogP contribution in [0.5, 0.6) is 0 Å². The van der Waals surface area contributed by atoms with Gasteiger partial charge >= 0.3 is 0 Å². The Morgan fingerprint density at radius 1 is 1.05 bits per heavy atom. The molecule has 3 heteroatoms. The van der Waals surface area contributed by atoms with Gasteiger partial charge in [0.2, 0.25) is 0 Å². The highest BCUT2D eigenvalue weighted by molar-refractivity contribution is 5.94. The zero-order chi connectivity index (χ0) is 15.4. The van der Waals surface area contributed by atoms with Crippen LogP contribution in [0.4, 0.5) is 0 Å². The Morgan fingerprint density at radius 3 is 2.05 bits per heavy atom. The van der Waals surface area contributed by atoms with Gasteiger partial charge in [-0.25, -0.2) is 0 Å². The van der Waals surface area contributed by atoms with Crippen LogP contribution in [0.3, 0.4) is 0 Å². The summed E-state index contributed by atoms with van der Waals surface area (Å²) >= 11 is 0. The molecular weight excluding hydrogens is 248 g/mol. The number of hydrogen-bond donors (Lipinski definition) is 1. The molecule has 1 rings (SSSR count). The van der Waals surface area contributed by atoms with E-state index in [2.05, 4.69) is 46.9 Å². The molecule has 0 unspecified atom stereocenters. The molecule has 0 aromatic heterocycles. The lowest BCUT2D eigenvalue weighted by atomic mass is 10.0. The summed E-state index contributed by atoms with van der Waals surface area (Å²) in [5.41, 5.74) is 0.629. The van der Waals surface area contributed by atoms with Gasteiger partial charge in [0, 0.05) is 29.7 Å². The van der Waals surface area contributed by atoms with Crippen LogP contribution < -0.4 is 5.32 Å². The first-order chi connectivity index (χ1) is 9.11. The van der Waals surface area contributed by atoms with Crippen LogP contribution in [-0.4, -0.2) is 35.0 Å². The standard InChI is InChI=1S/C17H28N2O/c1-16(2,3)18-12-13-19(17(4,5)6)15(20)14-10-8-7-9-11-14/h7-11,18H,12-13H2,1-6H3. The lowest BCUT2D eigenvalue weighted by Crippen LogP contribution is -2.50. The van der Waals surface area contributed by atoms with Gasteiger partial charge in [-0.2, -0.15) is 0 Å². The van der Waals surface area contributed by atoms with Crippen LogP contribution in [0.25, 0.3) is 0 Å². The second-order valence-electron chi connectivity index (χ2n) is 7.17. The molecule has 0 fully saturated rings. The fourth-order valence-corrected chi connectivity index (χ4v) is 2.02. The molecule has 0 saturated heterocycles. The average molecular weight is 276 g/mol. The number of hydrogen-bond acceptors (Lipinski definition) is 2. The first-order valence-electron chi connectivity index (χ1n) is 7.23. The van der Waals surface area contributed by atoms with Gasteiger partial charge in [0.25, 0.3) is 5.91 Å². The van der Waals surface area contributed by atoms with E-state index in [1.807, 2.05) is 35.2 Å². The van der Waals surface area contributed by atoms with Crippen LogP contribution in [-0.2, 0) is 0 Å². The normalized spacial score (nSPS) is 12.3. The second-order valence-corrected chi connectivity index (χ2v) is 7.17. The van der Waals surface area contributed by atoms with Gasteiger partial charge in [-0.05, 0) is 53.7 Å². The summed E-state index contributed by atoms with van der Waals surface area (Å²) in [6, 6.07) is 9.48. The summed E-state index contributed by atoms with van der Waals surface area (Å²) in [4.78, 5) is 14.6. The van der Waals surface area contributed by atoms with Crippen LogP contribution in [0.1, 0.15) is 51.9 Å². The lowest BCUT2D eigenvalue weighted by Gasteiger charge is -2.37. The molecule has 0 atom stereocenters. The van der Waals surface area contributed by atoms with Gasteiger partial charge in [0.15, 0.2) is 0 Å². The number of amides is 1. The van der Waals surface area contributed by atoms with Crippen LogP contribution in [0.2, 0.25) is 0 Å². The smallest absolute Gasteiger partial charge is 0.254 e. The highest BCUT2D eigenvalue weighted by Crippen LogP contribution is 2.17. The van der Waals surface area contributed by atoms with Crippen molar-refractivity contribution in [3.8, 4) is 0 Å². The number of carbonyl (C=O) groups is 1. The van der Waals surface area contributed by atoms with Crippen LogP contribution in [0.15, 0.2) is 30.3 Å². The van der Waals surface area contributed by atoms with E-state index in [0.29, 0.717) is 6.54 Å². The first kappa shape index (κ1) is 16.7. The van der Waals surface area contributed by atoms with Crippen molar-refractivity contribution in [1.29, 1.82) is 0 Å². The predicted octanol–water partition coefficient (Wildman–Crippen LogP) is 3.32. The van der Waals surface area contributed by atoms with Gasteiger partial charge in [0.05, 0.1) is 0 Å². The molecule has 0 radical (unpaired) electrons. The zero-order valence-corrected chi connectivity index (χ0v) is 13.7. The SMILES string of the molecule is CC(C)(C)NCCN(C(=O)c1ccccc1)C(C)(C)C. The van der Waals surface area contributed by atoms with Crippen molar-refractivity contribution >= 4 is 5.91 Å². The molecule has 1 N–H and O–H groups in total. The van der Waals surface area contributed by atoms with E-state index in [0.717, 1.165) is 12.1 Å². The molecular formula is C17H28N2O. The van der Waals surface area contributed by atoms with E-state index in [-0.39, 0.29) is 17.0 Å². The predicted molar refractivity (Wildman–Crippen MR) is 85.0 cm³/mol. The van der Waals surface area contributed by atoms with Crippen molar-refractivity contribution < 1.29 is 4.79 Å². The number of benzene rings is 1. The molecule has 0 spiro atoms. The van der Waals surface area contributed by atoms with Crippen molar-refractivity contribution in [2.45, 2.75) is 52.6 Å². The van der Waals surface area contributed by atoms with Crippen molar-refractivity contribution in [2.75, 3.05) is 13.1 Å². The number of nitrogens with zero attached hydrogens (tertiary/aromatic N) is 1. The van der Waals surface area contributed by atoms with E-state index in [4.69, 9.17) is 0 Å². The molecule has 0 aliphatic carbocycles. The Morgan fingerprint density at radius 2 is 1.60 bits per heavy atom. The molecule has 0 aliphatic heterocycles. The Hall–Kier alpha value is -1.35. The van der Waals surface area contributed by atoms with Crippen LogP contribution in [0, 0.1) is 0 Å². The number of rotatable bonds is 4. The molecule has 1 aromatic carbocycles. The van der Waals surface area contributed by atoms with Crippen molar-refractivity contribution in [3.63, 3.8) is 0 Å². The van der Waals surface area contributed by atoms with Gasteiger partial charge < -0.3 is 10.2 Å². The summed E-state index contributed by atoms with van der Waals surface area (Å²) in [5, 5.41) is 3.44. The lowest BCUT2D eigenvalue weighted by molar-refractivity contribution is 0.0580. The Balaban J connectivity index is 2.78. The monoisotopic (exact) mass is 276 g/mol. The maximum atomic E-state index is 12.6. The molecule has 3 nitrogen and oxygen atoms in total. The Kier molecular flexibility index (Phi) is 5.35. The minimum atomic E-state index is -0.188. The maximum Gasteiger partial charge on any atom is 0.254 e. The van der Waals surface area contributed by atoms with Crippen LogP contribution >= 0.6 is 0 Å². The summed E-state index contributed by atoms with van der Waals surface area (Å²) in [6.07, 6.45) is 0. The fourth-order valence-electron chi connectivity index (χ4n) is 2.02. The fraction of sp³-hybridized carbons (Fsp3) is 0.588. The summed E-state index contributed by atoms with van der Waals surface area (Å²) in [7, 11) is 0. The quantitative estimate of drug-likeness (QED) is 0.915. The summed E-state index contributed by atoms with van der Waals surface area (Å²) in [5.74, 6) is 0.0915. The van der Waals surface area contributed by atoms with E-state index < -0.39 is 0 Å². The molecule has 112 valence electrons. The van der Waals surface area contributed by atoms with Crippen molar-refractivity contribution in [1.82, 2.24) is 10.2 Å². The van der Waals surface area contributed by atoms with E-state index in [1.54, 1.807) is 0 Å². The van der Waals surface area contributed by atoms with Crippen molar-refractivity contribution in [3.05, 3.63) is 35.9 Å². The minimum Gasteiger partial charge on any atom is -0.333 e. The molecule has 1 aromatic rings. The molecule has 0 heterocycles. The number of carbonyl (C=O) groups excluding carboxylic acids is 1. The van der Waals surface area contributed by atoms with E-state index in [1.165, 1.54) is 0 Å². The third-order valence-corrected chi connectivity index (χ3v) is 3.07. The summed E-state index contributed by atoms with van der Waals surface area (Å²) in [6.45, 7) is 14.1. The highest BCUT2D eigenvalue weighted by atomic mass is 16.2. The third kappa shape index (κ3) is 5.33. The van der Waals surface area contributed by atoms with E-state index in [9.17, 15) is 4.79 Å². The molecule has 0 saturated carbocycles. The van der Waals surface area contributed by atoms with Gasteiger partial charge in [-0.1, -0.05) is 18.2 Å². The molecule has 0 bridgehead atoms. The van der Waals surface area contributed by atoms with Gasteiger partial charge in [-0.3, -0.25) is 4.79 Å².